The normalized spacial score (nSPS) is 14.4. The van der Waals surface area contributed by atoms with Crippen molar-refractivity contribution in [2.45, 2.75) is 39.5 Å². The Bertz CT molecular complexity index is 402. The molecule has 0 aliphatic carbocycles. The lowest BCUT2D eigenvalue weighted by molar-refractivity contribution is -0.142. The lowest BCUT2D eigenvalue weighted by Crippen LogP contribution is -2.44. The summed E-state index contributed by atoms with van der Waals surface area (Å²) in [6, 6.07) is 4.98. The molecule has 94 valence electrons. The van der Waals surface area contributed by atoms with E-state index in [-0.39, 0.29) is 0 Å². The van der Waals surface area contributed by atoms with Crippen LogP contribution < -0.4 is 5.32 Å². The van der Waals surface area contributed by atoms with E-state index in [2.05, 4.69) is 5.32 Å². The van der Waals surface area contributed by atoms with E-state index >= 15 is 0 Å². The number of carbonyl (C=O) groups is 1. The molecule has 1 aromatic rings. The number of rotatable bonds is 5. The first-order chi connectivity index (χ1) is 7.93. The van der Waals surface area contributed by atoms with E-state index in [1.54, 1.807) is 0 Å². The van der Waals surface area contributed by atoms with Gasteiger partial charge in [0, 0.05) is 6.54 Å². The van der Waals surface area contributed by atoms with Crippen molar-refractivity contribution in [2.75, 3.05) is 0 Å². The van der Waals surface area contributed by atoms with Gasteiger partial charge in [0.05, 0.1) is 6.10 Å². The molecule has 0 spiro atoms. The average molecular weight is 237 g/mol. The maximum Gasteiger partial charge on any atom is 0.323 e. The fourth-order valence-corrected chi connectivity index (χ4v) is 1.69. The van der Waals surface area contributed by atoms with Gasteiger partial charge in [-0.25, -0.2) is 0 Å². The largest absolute Gasteiger partial charge is 0.480 e. The number of hydrogen-bond donors (Lipinski definition) is 3. The Morgan fingerprint density at radius 3 is 2.59 bits per heavy atom. The van der Waals surface area contributed by atoms with Gasteiger partial charge in [-0.3, -0.25) is 10.1 Å². The predicted molar refractivity (Wildman–Crippen MR) is 65.9 cm³/mol. The molecule has 3 N–H and O–H groups in total. The van der Waals surface area contributed by atoms with Gasteiger partial charge < -0.3 is 10.2 Å². The van der Waals surface area contributed by atoms with E-state index in [0.717, 1.165) is 11.1 Å². The summed E-state index contributed by atoms with van der Waals surface area (Å²) in [5.41, 5.74) is 3.37. The molecular formula is C13H19NO3. The number of aryl methyl sites for hydroxylation is 1. The molecule has 0 fully saturated rings. The molecule has 1 rings (SSSR count). The Labute approximate surface area is 101 Å². The third-order valence-electron chi connectivity index (χ3n) is 2.98. The second-order valence-corrected chi connectivity index (χ2v) is 4.30. The van der Waals surface area contributed by atoms with Gasteiger partial charge in [0.25, 0.3) is 0 Å². The van der Waals surface area contributed by atoms with E-state index in [1.165, 1.54) is 12.5 Å². The molecule has 0 saturated carbocycles. The van der Waals surface area contributed by atoms with Crippen molar-refractivity contribution in [1.29, 1.82) is 0 Å². The molecule has 2 atom stereocenters. The summed E-state index contributed by atoms with van der Waals surface area (Å²) in [6.07, 6.45) is -0.919. The van der Waals surface area contributed by atoms with Gasteiger partial charge in [0.2, 0.25) is 0 Å². The Kier molecular flexibility index (Phi) is 4.66. The van der Waals surface area contributed by atoms with Crippen molar-refractivity contribution in [1.82, 2.24) is 5.32 Å². The van der Waals surface area contributed by atoms with Crippen LogP contribution in [0, 0.1) is 13.8 Å². The average Bonchev–Trinajstić information content (AvgIpc) is 2.23. The fourth-order valence-electron chi connectivity index (χ4n) is 1.69. The monoisotopic (exact) mass is 237 g/mol. The molecule has 0 amide bonds. The van der Waals surface area contributed by atoms with E-state index < -0.39 is 18.1 Å². The molecule has 0 heterocycles. The van der Waals surface area contributed by atoms with Crippen molar-refractivity contribution in [3.05, 3.63) is 34.9 Å². The molecule has 0 unspecified atom stereocenters. The number of carboxylic acid groups (broad SMARTS) is 1. The highest BCUT2D eigenvalue weighted by Crippen LogP contribution is 2.12. The quantitative estimate of drug-likeness (QED) is 0.720. The van der Waals surface area contributed by atoms with E-state index in [9.17, 15) is 9.90 Å². The van der Waals surface area contributed by atoms with Gasteiger partial charge in [-0.2, -0.15) is 0 Å². The minimum Gasteiger partial charge on any atom is -0.480 e. The van der Waals surface area contributed by atoms with Crippen molar-refractivity contribution in [3.63, 3.8) is 0 Å². The first kappa shape index (κ1) is 13.7. The number of aliphatic hydroxyl groups is 1. The summed E-state index contributed by atoms with van der Waals surface area (Å²) < 4.78 is 0. The van der Waals surface area contributed by atoms with Crippen LogP contribution in [0.2, 0.25) is 0 Å². The molecule has 0 aliphatic rings. The Hall–Kier alpha value is -1.39. The minimum atomic E-state index is -1.04. The number of hydrogen-bond acceptors (Lipinski definition) is 3. The second kappa shape index (κ2) is 5.80. The van der Waals surface area contributed by atoms with Crippen LogP contribution in [0.5, 0.6) is 0 Å². The highest BCUT2D eigenvalue weighted by Gasteiger charge is 2.22. The standard InChI is InChI=1S/C13H19NO3/c1-8-5-4-6-11(9(8)2)7-14-12(10(3)15)13(16)17/h4-6,10,12,14-15H,7H2,1-3H3,(H,16,17)/t10-,12-/m1/s1. The third kappa shape index (κ3) is 3.54. The Balaban J connectivity index is 2.72. The molecule has 0 bridgehead atoms. The molecule has 4 heteroatoms. The van der Waals surface area contributed by atoms with Gasteiger partial charge in [-0.15, -0.1) is 0 Å². The van der Waals surface area contributed by atoms with Crippen LogP contribution in [0.1, 0.15) is 23.6 Å². The molecule has 17 heavy (non-hydrogen) atoms. The number of carboxylic acids is 1. The number of aliphatic hydroxyl groups excluding tert-OH is 1. The van der Waals surface area contributed by atoms with Crippen LogP contribution in [0.15, 0.2) is 18.2 Å². The summed E-state index contributed by atoms with van der Waals surface area (Å²) in [5, 5.41) is 21.1. The van der Waals surface area contributed by atoms with Gasteiger partial charge in [-0.05, 0) is 37.5 Å². The Morgan fingerprint density at radius 1 is 1.41 bits per heavy atom. The van der Waals surface area contributed by atoms with Gasteiger partial charge >= 0.3 is 5.97 Å². The summed E-state index contributed by atoms with van der Waals surface area (Å²) in [4.78, 5) is 10.9. The van der Waals surface area contributed by atoms with E-state index in [0.29, 0.717) is 6.54 Å². The molecule has 4 nitrogen and oxygen atoms in total. The van der Waals surface area contributed by atoms with Crippen LogP contribution in [0.3, 0.4) is 0 Å². The predicted octanol–water partition coefficient (Wildman–Crippen LogP) is 1.23. The van der Waals surface area contributed by atoms with Crippen molar-refractivity contribution in [2.24, 2.45) is 0 Å². The second-order valence-electron chi connectivity index (χ2n) is 4.30. The zero-order valence-electron chi connectivity index (χ0n) is 10.4. The lowest BCUT2D eigenvalue weighted by Gasteiger charge is -2.18. The topological polar surface area (TPSA) is 69.6 Å². The summed E-state index contributed by atoms with van der Waals surface area (Å²) in [5.74, 6) is -1.04. The zero-order valence-corrected chi connectivity index (χ0v) is 10.4. The molecule has 0 radical (unpaired) electrons. The highest BCUT2D eigenvalue weighted by atomic mass is 16.4. The molecule has 1 aromatic carbocycles. The first-order valence-electron chi connectivity index (χ1n) is 5.63. The smallest absolute Gasteiger partial charge is 0.323 e. The number of nitrogens with one attached hydrogen (secondary N) is 1. The zero-order chi connectivity index (χ0) is 13.0. The maximum atomic E-state index is 10.9. The highest BCUT2D eigenvalue weighted by molar-refractivity contribution is 5.74. The van der Waals surface area contributed by atoms with Crippen LogP contribution in [0.4, 0.5) is 0 Å². The summed E-state index contributed by atoms with van der Waals surface area (Å²) in [7, 11) is 0. The SMILES string of the molecule is Cc1cccc(CN[C@@H](C(=O)O)[C@@H](C)O)c1C. The van der Waals surface area contributed by atoms with Gasteiger partial charge in [0.15, 0.2) is 0 Å². The van der Waals surface area contributed by atoms with Crippen LogP contribution in [-0.2, 0) is 11.3 Å². The molecule has 0 aliphatic heterocycles. The number of aliphatic carboxylic acids is 1. The van der Waals surface area contributed by atoms with Crippen LogP contribution >= 0.6 is 0 Å². The van der Waals surface area contributed by atoms with E-state index in [4.69, 9.17) is 5.11 Å². The fraction of sp³-hybridized carbons (Fsp3) is 0.462. The summed E-state index contributed by atoms with van der Waals surface area (Å²) in [6.45, 7) is 5.93. The Morgan fingerprint density at radius 2 is 2.06 bits per heavy atom. The van der Waals surface area contributed by atoms with Crippen molar-refractivity contribution >= 4 is 5.97 Å². The third-order valence-corrected chi connectivity index (χ3v) is 2.98. The summed E-state index contributed by atoms with van der Waals surface area (Å²) >= 11 is 0. The molecular weight excluding hydrogens is 218 g/mol. The molecule has 0 aromatic heterocycles. The first-order valence-corrected chi connectivity index (χ1v) is 5.63. The number of benzene rings is 1. The van der Waals surface area contributed by atoms with Crippen LogP contribution in [-0.4, -0.2) is 28.3 Å². The maximum absolute atomic E-state index is 10.9. The van der Waals surface area contributed by atoms with E-state index in [1.807, 2.05) is 32.0 Å². The molecule has 0 saturated heterocycles. The van der Waals surface area contributed by atoms with Gasteiger partial charge in [0.1, 0.15) is 6.04 Å². The van der Waals surface area contributed by atoms with Gasteiger partial charge in [-0.1, -0.05) is 18.2 Å². The van der Waals surface area contributed by atoms with Crippen molar-refractivity contribution in [3.8, 4) is 0 Å². The van der Waals surface area contributed by atoms with Crippen molar-refractivity contribution < 1.29 is 15.0 Å². The minimum absolute atomic E-state index is 0.440. The van der Waals surface area contributed by atoms with Crippen LogP contribution in [0.25, 0.3) is 0 Å². The lowest BCUT2D eigenvalue weighted by atomic mass is 10.0.